The van der Waals surface area contributed by atoms with Crippen LogP contribution in [0.1, 0.15) is 59.3 Å². The van der Waals surface area contributed by atoms with Crippen molar-refractivity contribution in [3.8, 4) is 6.07 Å². The van der Waals surface area contributed by atoms with Gasteiger partial charge in [0.1, 0.15) is 0 Å². The summed E-state index contributed by atoms with van der Waals surface area (Å²) < 4.78 is 0. The van der Waals surface area contributed by atoms with Crippen LogP contribution in [0, 0.1) is 22.7 Å². The van der Waals surface area contributed by atoms with Gasteiger partial charge in [-0.2, -0.15) is 5.26 Å². The first-order chi connectivity index (χ1) is 8.83. The van der Waals surface area contributed by atoms with Crippen molar-refractivity contribution in [2.75, 3.05) is 0 Å². The molecule has 0 heterocycles. The first kappa shape index (κ1) is 15.7. The van der Waals surface area contributed by atoms with E-state index in [1.54, 1.807) is 0 Å². The molecule has 1 fully saturated rings. The van der Waals surface area contributed by atoms with E-state index in [0.29, 0.717) is 0 Å². The van der Waals surface area contributed by atoms with E-state index in [1.165, 1.54) is 6.42 Å². The number of ketones is 1. The molecule has 0 saturated heterocycles. The van der Waals surface area contributed by atoms with Crippen LogP contribution in [-0.4, -0.2) is 17.7 Å². The Balaban J connectivity index is 2.56. The lowest BCUT2D eigenvalue weighted by molar-refractivity contribution is -0.133. The van der Waals surface area contributed by atoms with Gasteiger partial charge in [0.25, 0.3) is 0 Å². The fraction of sp³-hybridized carbons (Fsp3) is 0.800. The predicted molar refractivity (Wildman–Crippen MR) is 73.2 cm³/mol. The summed E-state index contributed by atoms with van der Waals surface area (Å²) in [7, 11) is 0. The molecule has 1 atom stereocenters. The smallest absolute Gasteiger partial charge is 0.245 e. The van der Waals surface area contributed by atoms with Crippen molar-refractivity contribution < 1.29 is 9.59 Å². The van der Waals surface area contributed by atoms with Crippen molar-refractivity contribution in [1.29, 1.82) is 5.26 Å². The molecule has 1 N–H and O–H groups in total. The summed E-state index contributed by atoms with van der Waals surface area (Å²) >= 11 is 0. The molecule has 0 aromatic rings. The van der Waals surface area contributed by atoms with Crippen molar-refractivity contribution in [2.24, 2.45) is 11.3 Å². The third-order valence-electron chi connectivity index (χ3n) is 3.37. The fourth-order valence-electron chi connectivity index (χ4n) is 2.43. The standard InChI is InChI=1S/C15H24N2O2/c1-15(2,3)9-13(18)12(10-16)14(19)17-11-7-5-4-6-8-11/h11-12H,4-9H2,1-3H3,(H,17,19). The van der Waals surface area contributed by atoms with Crippen molar-refractivity contribution in [2.45, 2.75) is 65.3 Å². The lowest BCUT2D eigenvalue weighted by Gasteiger charge is -2.24. The molecule has 0 spiro atoms. The molecule has 0 aromatic heterocycles. The molecule has 1 amide bonds. The van der Waals surface area contributed by atoms with E-state index in [4.69, 9.17) is 5.26 Å². The predicted octanol–water partition coefficient (Wildman–Crippen LogP) is 2.58. The largest absolute Gasteiger partial charge is 0.352 e. The van der Waals surface area contributed by atoms with Crippen LogP contribution < -0.4 is 5.32 Å². The molecule has 19 heavy (non-hydrogen) atoms. The molecule has 1 rings (SSSR count). The van der Waals surface area contributed by atoms with Crippen LogP contribution in [0.5, 0.6) is 0 Å². The van der Waals surface area contributed by atoms with Gasteiger partial charge in [-0.05, 0) is 18.3 Å². The first-order valence-electron chi connectivity index (χ1n) is 7.06. The third kappa shape index (κ3) is 5.42. The second-order valence-corrected chi connectivity index (χ2v) is 6.61. The van der Waals surface area contributed by atoms with Crippen molar-refractivity contribution in [3.63, 3.8) is 0 Å². The normalized spacial score (nSPS) is 18.4. The maximum atomic E-state index is 12.0. The highest BCUT2D eigenvalue weighted by molar-refractivity contribution is 6.04. The van der Waals surface area contributed by atoms with Gasteiger partial charge in [-0.1, -0.05) is 40.0 Å². The topological polar surface area (TPSA) is 70.0 Å². The molecule has 106 valence electrons. The van der Waals surface area contributed by atoms with Crippen LogP contribution in [-0.2, 0) is 9.59 Å². The molecule has 0 aliphatic heterocycles. The molecule has 1 aliphatic rings. The van der Waals surface area contributed by atoms with Crippen LogP contribution in [0.25, 0.3) is 0 Å². The van der Waals surface area contributed by atoms with Gasteiger partial charge < -0.3 is 5.32 Å². The zero-order chi connectivity index (χ0) is 14.5. The summed E-state index contributed by atoms with van der Waals surface area (Å²) in [6, 6.07) is 1.99. The number of Topliss-reactive ketones (excluding diaryl/α,β-unsaturated/α-hetero) is 1. The lowest BCUT2D eigenvalue weighted by Crippen LogP contribution is -2.42. The highest BCUT2D eigenvalue weighted by Crippen LogP contribution is 2.22. The molecule has 1 saturated carbocycles. The Hall–Kier alpha value is -1.37. The molecular weight excluding hydrogens is 240 g/mol. The number of nitrogens with zero attached hydrogens (tertiary/aromatic N) is 1. The summed E-state index contributed by atoms with van der Waals surface area (Å²) in [5.74, 6) is -1.84. The van der Waals surface area contributed by atoms with E-state index in [2.05, 4.69) is 5.32 Å². The summed E-state index contributed by atoms with van der Waals surface area (Å²) in [5, 5.41) is 11.9. The lowest BCUT2D eigenvalue weighted by atomic mass is 9.85. The zero-order valence-corrected chi connectivity index (χ0v) is 12.2. The van der Waals surface area contributed by atoms with Gasteiger partial charge >= 0.3 is 0 Å². The highest BCUT2D eigenvalue weighted by Gasteiger charge is 2.30. The Labute approximate surface area is 115 Å². The van der Waals surface area contributed by atoms with E-state index < -0.39 is 11.8 Å². The Morgan fingerprint density at radius 1 is 1.26 bits per heavy atom. The molecule has 0 aromatic carbocycles. The van der Waals surface area contributed by atoms with Crippen molar-refractivity contribution in [1.82, 2.24) is 5.32 Å². The number of hydrogen-bond acceptors (Lipinski definition) is 3. The highest BCUT2D eigenvalue weighted by atomic mass is 16.2. The van der Waals surface area contributed by atoms with E-state index in [1.807, 2.05) is 26.8 Å². The molecule has 1 aliphatic carbocycles. The molecule has 4 heteroatoms. The Morgan fingerprint density at radius 3 is 2.32 bits per heavy atom. The average molecular weight is 264 g/mol. The van der Waals surface area contributed by atoms with Crippen LogP contribution in [0.2, 0.25) is 0 Å². The SMILES string of the molecule is CC(C)(C)CC(=O)C(C#N)C(=O)NC1CCCCC1. The molecule has 1 unspecified atom stereocenters. The number of rotatable bonds is 4. The third-order valence-corrected chi connectivity index (χ3v) is 3.37. The second-order valence-electron chi connectivity index (χ2n) is 6.61. The van der Waals surface area contributed by atoms with Gasteiger partial charge in [-0.25, -0.2) is 0 Å². The number of hydrogen-bond donors (Lipinski definition) is 1. The summed E-state index contributed by atoms with van der Waals surface area (Å²) in [6.07, 6.45) is 5.59. The van der Waals surface area contributed by atoms with Gasteiger partial charge in [0, 0.05) is 12.5 Å². The van der Waals surface area contributed by atoms with Gasteiger partial charge in [-0.15, -0.1) is 0 Å². The minimum absolute atomic E-state index is 0.138. The Kier molecular flexibility index (Phi) is 5.53. The number of nitrogens with one attached hydrogen (secondary N) is 1. The molecule has 0 bridgehead atoms. The van der Waals surface area contributed by atoms with Crippen LogP contribution in [0.15, 0.2) is 0 Å². The molecular formula is C15H24N2O2. The number of amides is 1. The number of carbonyl (C=O) groups excluding carboxylic acids is 2. The monoisotopic (exact) mass is 264 g/mol. The quantitative estimate of drug-likeness (QED) is 0.793. The summed E-state index contributed by atoms with van der Waals surface area (Å²) in [6.45, 7) is 5.79. The van der Waals surface area contributed by atoms with E-state index in [0.717, 1.165) is 25.7 Å². The van der Waals surface area contributed by atoms with E-state index >= 15 is 0 Å². The first-order valence-corrected chi connectivity index (χ1v) is 7.06. The van der Waals surface area contributed by atoms with Crippen LogP contribution in [0.3, 0.4) is 0 Å². The summed E-state index contributed by atoms with van der Waals surface area (Å²) in [4.78, 5) is 24.0. The van der Waals surface area contributed by atoms with Crippen LogP contribution >= 0.6 is 0 Å². The fourth-order valence-corrected chi connectivity index (χ4v) is 2.43. The zero-order valence-electron chi connectivity index (χ0n) is 12.2. The van der Waals surface area contributed by atoms with Gasteiger partial charge in [-0.3, -0.25) is 9.59 Å². The second kappa shape index (κ2) is 6.70. The Morgan fingerprint density at radius 2 is 1.84 bits per heavy atom. The number of nitriles is 1. The van der Waals surface area contributed by atoms with E-state index in [9.17, 15) is 9.59 Å². The van der Waals surface area contributed by atoms with Crippen molar-refractivity contribution in [3.05, 3.63) is 0 Å². The summed E-state index contributed by atoms with van der Waals surface area (Å²) in [5.41, 5.74) is -0.197. The average Bonchev–Trinajstić information content (AvgIpc) is 2.28. The molecule has 4 nitrogen and oxygen atoms in total. The van der Waals surface area contributed by atoms with Gasteiger partial charge in [0.15, 0.2) is 11.7 Å². The van der Waals surface area contributed by atoms with E-state index in [-0.39, 0.29) is 23.7 Å². The maximum Gasteiger partial charge on any atom is 0.245 e. The minimum atomic E-state index is -1.15. The van der Waals surface area contributed by atoms with Crippen molar-refractivity contribution >= 4 is 11.7 Å². The minimum Gasteiger partial charge on any atom is -0.352 e. The van der Waals surface area contributed by atoms with Gasteiger partial charge in [0.05, 0.1) is 6.07 Å². The number of carbonyl (C=O) groups is 2. The Bertz CT molecular complexity index is 371. The van der Waals surface area contributed by atoms with Gasteiger partial charge in [0.2, 0.25) is 5.91 Å². The van der Waals surface area contributed by atoms with Crippen LogP contribution in [0.4, 0.5) is 0 Å². The maximum absolute atomic E-state index is 12.0. The molecule has 0 radical (unpaired) electrons.